The summed E-state index contributed by atoms with van der Waals surface area (Å²) in [6, 6.07) is 5.63. The van der Waals surface area contributed by atoms with Crippen molar-refractivity contribution in [3.05, 3.63) is 45.9 Å². The van der Waals surface area contributed by atoms with Gasteiger partial charge in [0.1, 0.15) is 11.6 Å². The Kier molecular flexibility index (Phi) is 3.51. The van der Waals surface area contributed by atoms with Crippen molar-refractivity contribution >= 4 is 33.3 Å². The highest BCUT2D eigenvalue weighted by Gasteiger charge is 2.10. The second-order valence-corrected chi connectivity index (χ2v) is 4.66. The van der Waals surface area contributed by atoms with Gasteiger partial charge >= 0.3 is 0 Å². The number of anilines is 1. The molecule has 1 unspecified atom stereocenters. The molecule has 1 atom stereocenters. The molecule has 0 amide bonds. The van der Waals surface area contributed by atoms with Gasteiger partial charge in [-0.05, 0) is 41.1 Å². The maximum Gasteiger partial charge on any atom is 0.140 e. The summed E-state index contributed by atoms with van der Waals surface area (Å²) in [6.07, 6.45) is 3.25. The van der Waals surface area contributed by atoms with Gasteiger partial charge in [0.2, 0.25) is 0 Å². The van der Waals surface area contributed by atoms with E-state index in [1.165, 1.54) is 0 Å². The van der Waals surface area contributed by atoms with Crippen LogP contribution in [-0.4, -0.2) is 4.98 Å². The summed E-state index contributed by atoms with van der Waals surface area (Å²) < 4.78 is 6.13. The molecular formula is C11H10BrClN2O. The topological polar surface area (TPSA) is 38.1 Å². The standard InChI is InChI=1S/C11H10BrClN2O/c1-7(10-3-2-4-16-10)15-11-9(12)5-8(13)6-14-11/h2-7H,1H3,(H,14,15). The van der Waals surface area contributed by atoms with E-state index in [0.717, 1.165) is 16.1 Å². The molecule has 0 fully saturated rings. The number of nitrogens with one attached hydrogen (secondary N) is 1. The first-order valence-electron chi connectivity index (χ1n) is 4.78. The minimum atomic E-state index is 0.0555. The van der Waals surface area contributed by atoms with E-state index in [4.69, 9.17) is 16.0 Å². The quantitative estimate of drug-likeness (QED) is 0.920. The first-order chi connectivity index (χ1) is 7.66. The number of halogens is 2. The summed E-state index contributed by atoms with van der Waals surface area (Å²) in [5.74, 6) is 1.61. The van der Waals surface area contributed by atoms with Crippen molar-refractivity contribution in [2.45, 2.75) is 13.0 Å². The van der Waals surface area contributed by atoms with Crippen molar-refractivity contribution < 1.29 is 4.42 Å². The monoisotopic (exact) mass is 300 g/mol. The van der Waals surface area contributed by atoms with E-state index in [9.17, 15) is 0 Å². The van der Waals surface area contributed by atoms with Gasteiger partial charge in [-0.1, -0.05) is 11.6 Å². The summed E-state index contributed by atoms with van der Waals surface area (Å²) in [5.41, 5.74) is 0. The number of furan rings is 1. The molecule has 2 heterocycles. The lowest BCUT2D eigenvalue weighted by molar-refractivity contribution is 0.490. The van der Waals surface area contributed by atoms with Gasteiger partial charge in [0, 0.05) is 6.20 Å². The molecule has 2 rings (SSSR count). The normalized spacial score (nSPS) is 12.4. The first kappa shape index (κ1) is 11.5. The fraction of sp³-hybridized carbons (Fsp3) is 0.182. The Morgan fingerprint density at radius 2 is 2.38 bits per heavy atom. The van der Waals surface area contributed by atoms with Crippen molar-refractivity contribution in [2.75, 3.05) is 5.32 Å². The summed E-state index contributed by atoms with van der Waals surface area (Å²) in [4.78, 5) is 4.20. The van der Waals surface area contributed by atoms with Crippen molar-refractivity contribution in [3.63, 3.8) is 0 Å². The molecule has 2 aromatic rings. The van der Waals surface area contributed by atoms with Crippen LogP contribution < -0.4 is 5.32 Å². The van der Waals surface area contributed by atoms with Crippen LogP contribution in [0.3, 0.4) is 0 Å². The van der Waals surface area contributed by atoms with E-state index in [2.05, 4.69) is 26.2 Å². The minimum Gasteiger partial charge on any atom is -0.467 e. The third kappa shape index (κ3) is 2.57. The van der Waals surface area contributed by atoms with Crippen LogP contribution in [0.1, 0.15) is 18.7 Å². The maximum atomic E-state index is 5.81. The van der Waals surface area contributed by atoms with Gasteiger partial charge in [-0.2, -0.15) is 0 Å². The zero-order valence-corrected chi connectivity index (χ0v) is 10.9. The van der Waals surface area contributed by atoms with E-state index in [-0.39, 0.29) is 6.04 Å². The van der Waals surface area contributed by atoms with Crippen LogP contribution in [0.4, 0.5) is 5.82 Å². The maximum absolute atomic E-state index is 5.81. The predicted molar refractivity (Wildman–Crippen MR) is 67.7 cm³/mol. The highest BCUT2D eigenvalue weighted by molar-refractivity contribution is 9.10. The molecule has 16 heavy (non-hydrogen) atoms. The molecule has 0 saturated heterocycles. The van der Waals surface area contributed by atoms with Gasteiger partial charge in [-0.15, -0.1) is 0 Å². The largest absolute Gasteiger partial charge is 0.467 e. The number of rotatable bonds is 3. The fourth-order valence-corrected chi connectivity index (χ4v) is 2.09. The molecule has 0 bridgehead atoms. The number of hydrogen-bond donors (Lipinski definition) is 1. The highest BCUT2D eigenvalue weighted by Crippen LogP contribution is 2.26. The minimum absolute atomic E-state index is 0.0555. The van der Waals surface area contributed by atoms with Crippen LogP contribution in [0.25, 0.3) is 0 Å². The second-order valence-electron chi connectivity index (χ2n) is 3.37. The van der Waals surface area contributed by atoms with E-state index in [1.54, 1.807) is 18.5 Å². The molecule has 2 aromatic heterocycles. The summed E-state index contributed by atoms with van der Waals surface area (Å²) in [5, 5.41) is 3.83. The van der Waals surface area contributed by atoms with Crippen LogP contribution in [0.15, 0.2) is 39.5 Å². The molecule has 0 aliphatic heterocycles. The Balaban J connectivity index is 2.15. The predicted octanol–water partition coefficient (Wildman–Crippen LogP) is 4.26. The lowest BCUT2D eigenvalue weighted by atomic mass is 10.2. The zero-order valence-electron chi connectivity index (χ0n) is 8.58. The Morgan fingerprint density at radius 3 is 3.00 bits per heavy atom. The average Bonchev–Trinajstić information content (AvgIpc) is 2.75. The summed E-state index contributed by atoms with van der Waals surface area (Å²) in [7, 11) is 0. The second kappa shape index (κ2) is 4.89. The van der Waals surface area contributed by atoms with E-state index >= 15 is 0 Å². The number of aromatic nitrogens is 1. The van der Waals surface area contributed by atoms with Gasteiger partial charge in [0.25, 0.3) is 0 Å². The highest BCUT2D eigenvalue weighted by atomic mass is 79.9. The fourth-order valence-electron chi connectivity index (χ4n) is 1.33. The van der Waals surface area contributed by atoms with Crippen molar-refractivity contribution in [1.29, 1.82) is 0 Å². The van der Waals surface area contributed by atoms with Crippen LogP contribution in [-0.2, 0) is 0 Å². The zero-order chi connectivity index (χ0) is 11.5. The molecule has 0 aliphatic carbocycles. The van der Waals surface area contributed by atoms with Gasteiger partial charge < -0.3 is 9.73 Å². The van der Waals surface area contributed by atoms with Crippen LogP contribution in [0, 0.1) is 0 Å². The van der Waals surface area contributed by atoms with Gasteiger partial charge in [0.05, 0.1) is 21.8 Å². The molecule has 1 N–H and O–H groups in total. The van der Waals surface area contributed by atoms with Crippen molar-refractivity contribution in [2.24, 2.45) is 0 Å². The van der Waals surface area contributed by atoms with Gasteiger partial charge in [-0.25, -0.2) is 4.98 Å². The van der Waals surface area contributed by atoms with E-state index in [1.807, 2.05) is 19.1 Å². The third-order valence-electron chi connectivity index (χ3n) is 2.13. The average molecular weight is 302 g/mol. The number of nitrogens with zero attached hydrogens (tertiary/aromatic N) is 1. The molecule has 5 heteroatoms. The Hall–Kier alpha value is -1.00. The molecule has 0 radical (unpaired) electrons. The smallest absolute Gasteiger partial charge is 0.140 e. The SMILES string of the molecule is CC(Nc1ncc(Cl)cc1Br)c1ccco1. The van der Waals surface area contributed by atoms with Gasteiger partial charge in [-0.3, -0.25) is 0 Å². The molecule has 3 nitrogen and oxygen atoms in total. The number of hydrogen-bond acceptors (Lipinski definition) is 3. The molecule has 84 valence electrons. The summed E-state index contributed by atoms with van der Waals surface area (Å²) in [6.45, 7) is 2.00. The molecule has 0 spiro atoms. The van der Waals surface area contributed by atoms with Gasteiger partial charge in [0.15, 0.2) is 0 Å². The van der Waals surface area contributed by atoms with E-state index in [0.29, 0.717) is 5.02 Å². The van der Waals surface area contributed by atoms with Crippen molar-refractivity contribution in [1.82, 2.24) is 4.98 Å². The van der Waals surface area contributed by atoms with Crippen LogP contribution in [0.2, 0.25) is 5.02 Å². The molecular weight excluding hydrogens is 291 g/mol. The lowest BCUT2D eigenvalue weighted by Crippen LogP contribution is -2.07. The van der Waals surface area contributed by atoms with Crippen LogP contribution in [0.5, 0.6) is 0 Å². The first-order valence-corrected chi connectivity index (χ1v) is 5.95. The van der Waals surface area contributed by atoms with E-state index < -0.39 is 0 Å². The molecule has 0 aromatic carbocycles. The Morgan fingerprint density at radius 1 is 1.56 bits per heavy atom. The van der Waals surface area contributed by atoms with Crippen molar-refractivity contribution in [3.8, 4) is 0 Å². The third-order valence-corrected chi connectivity index (χ3v) is 2.94. The van der Waals surface area contributed by atoms with Crippen LogP contribution >= 0.6 is 27.5 Å². The Labute approximate surface area is 107 Å². The Bertz CT molecular complexity index is 473. The lowest BCUT2D eigenvalue weighted by Gasteiger charge is -2.13. The summed E-state index contributed by atoms with van der Waals surface area (Å²) >= 11 is 9.21. The molecule has 0 aliphatic rings. The molecule has 0 saturated carbocycles. The number of pyridine rings is 1.